The molecule has 0 unspecified atom stereocenters. The van der Waals surface area contributed by atoms with Gasteiger partial charge in [0, 0.05) is 26.3 Å². The van der Waals surface area contributed by atoms with Crippen molar-refractivity contribution < 1.29 is 4.74 Å². The van der Waals surface area contributed by atoms with Crippen molar-refractivity contribution in [2.24, 2.45) is 11.3 Å². The first-order chi connectivity index (χ1) is 7.18. The normalized spacial score (nSPS) is 19.2. The van der Waals surface area contributed by atoms with Crippen molar-refractivity contribution in [1.82, 2.24) is 5.32 Å². The third kappa shape index (κ3) is 4.52. The topological polar surface area (TPSA) is 21.3 Å². The van der Waals surface area contributed by atoms with Crippen molar-refractivity contribution in [1.29, 1.82) is 0 Å². The summed E-state index contributed by atoms with van der Waals surface area (Å²) >= 11 is 0. The molecule has 1 rings (SSSR count). The van der Waals surface area contributed by atoms with Crippen molar-refractivity contribution in [3.63, 3.8) is 0 Å². The summed E-state index contributed by atoms with van der Waals surface area (Å²) in [5.74, 6) is 0.764. The fraction of sp³-hybridized carbons (Fsp3) is 1.00. The van der Waals surface area contributed by atoms with Gasteiger partial charge in [0.1, 0.15) is 0 Å². The lowest BCUT2D eigenvalue weighted by atomic mass is 9.75. The lowest BCUT2D eigenvalue weighted by Gasteiger charge is -2.43. The fourth-order valence-electron chi connectivity index (χ4n) is 2.20. The van der Waals surface area contributed by atoms with Gasteiger partial charge in [0.2, 0.25) is 0 Å². The first-order valence-corrected chi connectivity index (χ1v) is 6.47. The van der Waals surface area contributed by atoms with Crippen molar-refractivity contribution in [2.75, 3.05) is 26.3 Å². The van der Waals surface area contributed by atoms with E-state index in [-0.39, 0.29) is 0 Å². The molecule has 1 saturated heterocycles. The van der Waals surface area contributed by atoms with Gasteiger partial charge < -0.3 is 10.1 Å². The van der Waals surface area contributed by atoms with Gasteiger partial charge in [0.15, 0.2) is 0 Å². The molecule has 0 aromatic rings. The van der Waals surface area contributed by atoms with Crippen LogP contribution < -0.4 is 5.32 Å². The van der Waals surface area contributed by atoms with Gasteiger partial charge in [-0.05, 0) is 30.6 Å². The smallest absolute Gasteiger partial charge is 0.0472 e. The summed E-state index contributed by atoms with van der Waals surface area (Å²) in [5.41, 5.74) is 0.576. The zero-order valence-electron chi connectivity index (χ0n) is 10.6. The largest absolute Gasteiger partial charge is 0.381 e. The Morgan fingerprint density at radius 1 is 1.20 bits per heavy atom. The average molecular weight is 213 g/mol. The van der Waals surface area contributed by atoms with Gasteiger partial charge in [-0.1, -0.05) is 27.2 Å². The van der Waals surface area contributed by atoms with Crippen LogP contribution in [-0.2, 0) is 4.74 Å². The van der Waals surface area contributed by atoms with Crippen LogP contribution in [0.25, 0.3) is 0 Å². The highest BCUT2D eigenvalue weighted by atomic mass is 16.5. The molecule has 0 bridgehead atoms. The van der Waals surface area contributed by atoms with E-state index >= 15 is 0 Å². The summed E-state index contributed by atoms with van der Waals surface area (Å²) < 4.78 is 5.69. The maximum absolute atomic E-state index is 5.69. The fourth-order valence-corrected chi connectivity index (χ4v) is 2.20. The number of hydrogen-bond donors (Lipinski definition) is 1. The van der Waals surface area contributed by atoms with Gasteiger partial charge in [0.25, 0.3) is 0 Å². The Morgan fingerprint density at radius 3 is 2.40 bits per heavy atom. The van der Waals surface area contributed by atoms with E-state index in [4.69, 9.17) is 4.74 Å². The zero-order chi connectivity index (χ0) is 11.1. The molecule has 90 valence electrons. The zero-order valence-corrected chi connectivity index (χ0v) is 10.6. The van der Waals surface area contributed by atoms with Gasteiger partial charge in [-0.3, -0.25) is 0 Å². The lowest BCUT2D eigenvalue weighted by molar-refractivity contribution is 0.0553. The number of rotatable bonds is 8. The van der Waals surface area contributed by atoms with E-state index < -0.39 is 0 Å². The van der Waals surface area contributed by atoms with Crippen LogP contribution in [0.3, 0.4) is 0 Å². The number of hydrogen-bond acceptors (Lipinski definition) is 2. The van der Waals surface area contributed by atoms with Crippen LogP contribution in [0.4, 0.5) is 0 Å². The first kappa shape index (κ1) is 13.0. The standard InChI is InChI=1S/C13H27NO/c1-4-6-13(10-14-11-13)7-9-15-8-5-12(2)3/h12,14H,4-11H2,1-3H3. The Hall–Kier alpha value is -0.0800. The summed E-state index contributed by atoms with van der Waals surface area (Å²) in [5, 5.41) is 3.39. The van der Waals surface area contributed by atoms with Gasteiger partial charge in [-0.2, -0.15) is 0 Å². The molecule has 1 aliphatic rings. The van der Waals surface area contributed by atoms with Crippen molar-refractivity contribution in [3.05, 3.63) is 0 Å². The highest BCUT2D eigenvalue weighted by Gasteiger charge is 2.35. The summed E-state index contributed by atoms with van der Waals surface area (Å²) in [4.78, 5) is 0. The first-order valence-electron chi connectivity index (χ1n) is 6.47. The van der Waals surface area contributed by atoms with E-state index in [1.54, 1.807) is 0 Å². The second-order valence-electron chi connectivity index (χ2n) is 5.40. The molecule has 1 aliphatic heterocycles. The van der Waals surface area contributed by atoms with Crippen molar-refractivity contribution in [2.45, 2.75) is 46.5 Å². The molecule has 1 fully saturated rings. The number of nitrogens with one attached hydrogen (secondary N) is 1. The van der Waals surface area contributed by atoms with E-state index in [0.29, 0.717) is 5.41 Å². The van der Waals surface area contributed by atoms with Crippen LogP contribution in [0.5, 0.6) is 0 Å². The van der Waals surface area contributed by atoms with Crippen LogP contribution in [-0.4, -0.2) is 26.3 Å². The quantitative estimate of drug-likeness (QED) is 0.626. The Kier molecular flexibility index (Phi) is 5.62. The van der Waals surface area contributed by atoms with Crippen LogP contribution in [0.15, 0.2) is 0 Å². The monoisotopic (exact) mass is 213 g/mol. The highest BCUT2D eigenvalue weighted by Crippen LogP contribution is 2.32. The predicted molar refractivity (Wildman–Crippen MR) is 65.1 cm³/mol. The predicted octanol–water partition coefficient (Wildman–Crippen LogP) is 2.83. The maximum atomic E-state index is 5.69. The molecule has 0 aromatic heterocycles. The summed E-state index contributed by atoms with van der Waals surface area (Å²) in [7, 11) is 0. The van der Waals surface area contributed by atoms with Gasteiger partial charge in [-0.25, -0.2) is 0 Å². The van der Waals surface area contributed by atoms with Crippen LogP contribution >= 0.6 is 0 Å². The van der Waals surface area contributed by atoms with Crippen molar-refractivity contribution >= 4 is 0 Å². The Morgan fingerprint density at radius 2 is 1.93 bits per heavy atom. The second kappa shape index (κ2) is 6.49. The third-order valence-electron chi connectivity index (χ3n) is 3.40. The molecule has 2 nitrogen and oxygen atoms in total. The Labute approximate surface area is 94.8 Å². The molecule has 2 heteroatoms. The van der Waals surface area contributed by atoms with E-state index in [9.17, 15) is 0 Å². The molecular weight excluding hydrogens is 186 g/mol. The summed E-state index contributed by atoms with van der Waals surface area (Å²) in [6.45, 7) is 11.1. The van der Waals surface area contributed by atoms with Gasteiger partial charge in [-0.15, -0.1) is 0 Å². The summed E-state index contributed by atoms with van der Waals surface area (Å²) in [6, 6.07) is 0. The van der Waals surface area contributed by atoms with E-state index in [1.807, 2.05) is 0 Å². The number of ether oxygens (including phenoxy) is 1. The lowest BCUT2D eigenvalue weighted by Crippen LogP contribution is -2.53. The molecule has 0 atom stereocenters. The molecular formula is C13H27NO. The Balaban J connectivity index is 2.02. The molecule has 15 heavy (non-hydrogen) atoms. The summed E-state index contributed by atoms with van der Waals surface area (Å²) in [6.07, 6.45) is 5.09. The Bertz CT molecular complexity index is 164. The maximum Gasteiger partial charge on any atom is 0.0472 e. The molecule has 1 heterocycles. The minimum atomic E-state index is 0.576. The van der Waals surface area contributed by atoms with E-state index in [1.165, 1.54) is 38.8 Å². The highest BCUT2D eigenvalue weighted by molar-refractivity contribution is 4.91. The molecule has 0 saturated carbocycles. The van der Waals surface area contributed by atoms with Crippen molar-refractivity contribution in [3.8, 4) is 0 Å². The molecule has 1 N–H and O–H groups in total. The molecule has 0 aliphatic carbocycles. The average Bonchev–Trinajstić information content (AvgIpc) is 2.12. The van der Waals surface area contributed by atoms with Gasteiger partial charge in [0.05, 0.1) is 0 Å². The molecule has 0 spiro atoms. The van der Waals surface area contributed by atoms with E-state index in [0.717, 1.165) is 19.1 Å². The minimum Gasteiger partial charge on any atom is -0.381 e. The van der Waals surface area contributed by atoms with Crippen LogP contribution in [0.2, 0.25) is 0 Å². The second-order valence-corrected chi connectivity index (χ2v) is 5.40. The van der Waals surface area contributed by atoms with Crippen LogP contribution in [0, 0.1) is 11.3 Å². The van der Waals surface area contributed by atoms with Gasteiger partial charge >= 0.3 is 0 Å². The molecule has 0 radical (unpaired) electrons. The molecule has 0 aromatic carbocycles. The molecule has 0 amide bonds. The van der Waals surface area contributed by atoms with E-state index in [2.05, 4.69) is 26.1 Å². The SMILES string of the molecule is CCCC1(CCOCCC(C)C)CNC1. The minimum absolute atomic E-state index is 0.576. The third-order valence-corrected chi connectivity index (χ3v) is 3.40. The van der Waals surface area contributed by atoms with Crippen LogP contribution in [0.1, 0.15) is 46.5 Å².